The molecule has 3 heterocycles. The van der Waals surface area contributed by atoms with Crippen molar-refractivity contribution >= 4 is 23.8 Å². The number of hydrogen-bond acceptors (Lipinski definition) is 6. The van der Waals surface area contributed by atoms with Crippen LogP contribution in [0.25, 0.3) is 17.2 Å². The van der Waals surface area contributed by atoms with Gasteiger partial charge >= 0.3 is 5.97 Å². The van der Waals surface area contributed by atoms with E-state index in [-0.39, 0.29) is 42.2 Å². The molecule has 0 radical (unpaired) electrons. The smallest absolute Gasteiger partial charge is 0.308 e. The van der Waals surface area contributed by atoms with Crippen molar-refractivity contribution in [3.8, 4) is 11.1 Å². The number of ether oxygens (including phenoxy) is 3. The van der Waals surface area contributed by atoms with Crippen LogP contribution in [0.5, 0.6) is 0 Å². The Morgan fingerprint density at radius 3 is 2.51 bits per heavy atom. The highest BCUT2D eigenvalue weighted by Gasteiger charge is 2.36. The number of nitrogens with zero attached hydrogens (tertiary/aromatic N) is 2. The van der Waals surface area contributed by atoms with Crippen LogP contribution in [-0.4, -0.2) is 47.5 Å². The van der Waals surface area contributed by atoms with Crippen molar-refractivity contribution in [2.45, 2.75) is 110 Å². The Morgan fingerprint density at radius 2 is 1.88 bits per heavy atom. The molecule has 1 aromatic carbocycles. The van der Waals surface area contributed by atoms with Crippen molar-refractivity contribution in [2.24, 2.45) is 0 Å². The first kappa shape index (κ1) is 30.8. The molecule has 2 aliphatic rings. The molecule has 222 valence electrons. The van der Waals surface area contributed by atoms with E-state index in [4.69, 9.17) is 19.2 Å². The topological polar surface area (TPSA) is 78.0 Å². The summed E-state index contributed by atoms with van der Waals surface area (Å²) >= 11 is 0. The lowest BCUT2D eigenvalue weighted by atomic mass is 9.88. The lowest BCUT2D eigenvalue weighted by molar-refractivity contribution is -0.290. The summed E-state index contributed by atoms with van der Waals surface area (Å²) in [6.07, 6.45) is 5.80. The highest BCUT2D eigenvalue weighted by atomic mass is 19.1. The van der Waals surface area contributed by atoms with Gasteiger partial charge in [0.25, 0.3) is 0 Å². The molecule has 1 saturated heterocycles. The van der Waals surface area contributed by atoms with Crippen LogP contribution in [0.1, 0.15) is 96.9 Å². The normalized spacial score (nSPS) is 21.2. The number of carbonyl (C=O) groups is 2. The molecule has 0 unspecified atom stereocenters. The van der Waals surface area contributed by atoms with Crippen LogP contribution < -0.4 is 4.90 Å². The fourth-order valence-corrected chi connectivity index (χ4v) is 5.58. The fourth-order valence-electron chi connectivity index (χ4n) is 5.58. The number of rotatable bonds is 6. The number of amides is 1. The summed E-state index contributed by atoms with van der Waals surface area (Å²) in [7, 11) is 1.77. The molecular formula is C33H43FN2O5. The first-order valence-corrected chi connectivity index (χ1v) is 14.5. The van der Waals surface area contributed by atoms with Crippen molar-refractivity contribution in [1.29, 1.82) is 0 Å². The highest BCUT2D eigenvalue weighted by molar-refractivity contribution is 5.96. The van der Waals surface area contributed by atoms with Gasteiger partial charge in [-0.1, -0.05) is 38.1 Å². The second-order valence-electron chi connectivity index (χ2n) is 12.7. The lowest BCUT2D eigenvalue weighted by Crippen LogP contribution is -2.45. The largest absolute Gasteiger partial charge is 0.460 e. The van der Waals surface area contributed by atoms with Crippen molar-refractivity contribution in [2.75, 3.05) is 11.9 Å². The molecule has 2 aromatic rings. The van der Waals surface area contributed by atoms with E-state index in [0.717, 1.165) is 27.9 Å². The number of benzene rings is 1. The average molecular weight is 567 g/mol. The molecule has 8 heteroatoms. The predicted octanol–water partition coefficient (Wildman–Crippen LogP) is 6.97. The molecule has 0 N–H and O–H groups in total. The van der Waals surface area contributed by atoms with E-state index in [1.54, 1.807) is 24.1 Å². The molecule has 4 rings (SSSR count). The second kappa shape index (κ2) is 12.0. The van der Waals surface area contributed by atoms with E-state index in [1.807, 2.05) is 46.8 Å². The van der Waals surface area contributed by atoms with Crippen LogP contribution in [0, 0.1) is 5.82 Å². The summed E-state index contributed by atoms with van der Waals surface area (Å²) in [4.78, 5) is 32.0. The van der Waals surface area contributed by atoms with Crippen molar-refractivity contribution in [1.82, 2.24) is 4.98 Å². The van der Waals surface area contributed by atoms with E-state index >= 15 is 0 Å². The Kier molecular flexibility index (Phi) is 9.04. The van der Waals surface area contributed by atoms with Crippen LogP contribution >= 0.6 is 0 Å². The van der Waals surface area contributed by atoms with Crippen LogP contribution in [-0.2, 0) is 30.2 Å². The zero-order valence-electron chi connectivity index (χ0n) is 25.5. The Labute approximate surface area is 243 Å². The maximum absolute atomic E-state index is 14.0. The summed E-state index contributed by atoms with van der Waals surface area (Å²) < 4.78 is 31.8. The van der Waals surface area contributed by atoms with Gasteiger partial charge in [0.1, 0.15) is 17.2 Å². The van der Waals surface area contributed by atoms with Gasteiger partial charge < -0.3 is 14.2 Å². The molecule has 2 aliphatic heterocycles. The third kappa shape index (κ3) is 7.60. The van der Waals surface area contributed by atoms with Gasteiger partial charge in [-0.2, -0.15) is 0 Å². The molecule has 0 spiro atoms. The Bertz CT molecular complexity index is 1310. The minimum atomic E-state index is -0.893. The van der Waals surface area contributed by atoms with E-state index in [2.05, 4.69) is 13.8 Å². The van der Waals surface area contributed by atoms with E-state index in [0.29, 0.717) is 31.5 Å². The predicted molar refractivity (Wildman–Crippen MR) is 158 cm³/mol. The standard InChI is InChI=1S/C33H43FN2O5/c1-20(2)30-25(17-16-23-18-24(40-33(6,7)39-23)19-28(38)41-32(3,4)5)29(21-12-14-22(34)15-13-21)26-10-9-11-27(37)36(8)31(26)35-30/h12-17,20,23-24H,9-11,18-19H2,1-8H3/b17-16+/t23-,24-/m1/s1. The summed E-state index contributed by atoms with van der Waals surface area (Å²) in [6, 6.07) is 6.48. The van der Waals surface area contributed by atoms with Gasteiger partial charge in [0.2, 0.25) is 5.91 Å². The van der Waals surface area contributed by atoms with Gasteiger partial charge in [0.05, 0.1) is 24.3 Å². The number of halogens is 1. The first-order chi connectivity index (χ1) is 19.1. The van der Waals surface area contributed by atoms with E-state index in [1.165, 1.54) is 12.1 Å². The van der Waals surface area contributed by atoms with Gasteiger partial charge in [-0.05, 0) is 76.6 Å². The first-order valence-electron chi connectivity index (χ1n) is 14.5. The molecule has 2 atom stereocenters. The van der Waals surface area contributed by atoms with Crippen LogP contribution in [0.3, 0.4) is 0 Å². The number of esters is 1. The molecule has 0 aliphatic carbocycles. The minimum absolute atomic E-state index is 0.0353. The van der Waals surface area contributed by atoms with Gasteiger partial charge in [-0.25, -0.2) is 9.37 Å². The van der Waals surface area contributed by atoms with Gasteiger partial charge in [-0.3, -0.25) is 14.5 Å². The third-order valence-corrected chi connectivity index (χ3v) is 7.21. The molecule has 7 nitrogen and oxygen atoms in total. The zero-order chi connectivity index (χ0) is 30.1. The SMILES string of the molecule is CC(C)c1nc2c(c(-c3ccc(F)cc3)c1/C=C/[C@@H]1C[C@H](CC(=O)OC(C)(C)C)OC(C)(C)O1)CCCC(=O)N2C. The summed E-state index contributed by atoms with van der Waals surface area (Å²) in [5, 5.41) is 0. The molecule has 0 bridgehead atoms. The number of pyridine rings is 1. The lowest BCUT2D eigenvalue weighted by Gasteiger charge is -2.40. The summed E-state index contributed by atoms with van der Waals surface area (Å²) in [5.41, 5.74) is 3.99. The fraction of sp³-hybridized carbons (Fsp3) is 0.545. The maximum atomic E-state index is 14.0. The summed E-state index contributed by atoms with van der Waals surface area (Å²) in [5.74, 6) is -0.761. The van der Waals surface area contributed by atoms with Crippen LogP contribution in [0.15, 0.2) is 30.3 Å². The summed E-state index contributed by atoms with van der Waals surface area (Å²) in [6.45, 7) is 13.4. The van der Waals surface area contributed by atoms with Gasteiger partial charge in [0.15, 0.2) is 5.79 Å². The van der Waals surface area contributed by atoms with E-state index in [9.17, 15) is 14.0 Å². The average Bonchev–Trinajstić information content (AvgIpc) is 2.98. The molecule has 1 fully saturated rings. The number of hydrogen-bond donors (Lipinski definition) is 0. The molecule has 1 amide bonds. The zero-order valence-corrected chi connectivity index (χ0v) is 25.5. The van der Waals surface area contributed by atoms with E-state index < -0.39 is 11.4 Å². The molecule has 1 aromatic heterocycles. The Balaban J connectivity index is 1.77. The van der Waals surface area contributed by atoms with Crippen molar-refractivity contribution in [3.63, 3.8) is 0 Å². The maximum Gasteiger partial charge on any atom is 0.308 e. The molecular weight excluding hydrogens is 523 g/mol. The number of aromatic nitrogens is 1. The Morgan fingerprint density at radius 1 is 1.20 bits per heavy atom. The van der Waals surface area contributed by atoms with Crippen LogP contribution in [0.4, 0.5) is 10.2 Å². The van der Waals surface area contributed by atoms with Gasteiger partial charge in [-0.15, -0.1) is 0 Å². The van der Waals surface area contributed by atoms with Crippen LogP contribution in [0.2, 0.25) is 0 Å². The second-order valence-corrected chi connectivity index (χ2v) is 12.7. The third-order valence-electron chi connectivity index (χ3n) is 7.21. The number of fused-ring (bicyclic) bond motifs is 1. The Hall–Kier alpha value is -3.10. The van der Waals surface area contributed by atoms with Gasteiger partial charge in [0, 0.05) is 31.0 Å². The number of carbonyl (C=O) groups excluding carboxylic acids is 2. The molecule has 0 saturated carbocycles. The minimum Gasteiger partial charge on any atom is -0.460 e. The van der Waals surface area contributed by atoms with Crippen molar-refractivity contribution in [3.05, 3.63) is 53.0 Å². The number of anilines is 1. The van der Waals surface area contributed by atoms with Crippen molar-refractivity contribution < 1.29 is 28.2 Å². The highest BCUT2D eigenvalue weighted by Crippen LogP contribution is 2.41. The quantitative estimate of drug-likeness (QED) is 0.352. The molecule has 41 heavy (non-hydrogen) atoms. The monoisotopic (exact) mass is 566 g/mol.